The van der Waals surface area contributed by atoms with Gasteiger partial charge in [0.15, 0.2) is 42.5 Å². The summed E-state index contributed by atoms with van der Waals surface area (Å²) in [4.78, 5) is 1.37. The molecule has 0 saturated carbocycles. The van der Waals surface area contributed by atoms with Gasteiger partial charge in [-0.05, 0) is 152 Å². The Morgan fingerprint density at radius 2 is 1.04 bits per heavy atom. The molecule has 0 fully saturated rings. The van der Waals surface area contributed by atoms with Crippen molar-refractivity contribution in [1.29, 1.82) is 0 Å². The molecule has 0 unspecified atom stereocenters. The highest BCUT2D eigenvalue weighted by Gasteiger charge is 2.24. The van der Waals surface area contributed by atoms with Gasteiger partial charge in [-0.1, -0.05) is 80.9 Å². The minimum absolute atomic E-state index is 0.132. The molecular weight excluding hydrogens is 1070 g/mol. The Balaban J connectivity index is 0.000000128. The van der Waals surface area contributed by atoms with Crippen LogP contribution in [0.5, 0.6) is 11.5 Å². The minimum Gasteiger partial charge on any atom is -0.454 e. The topological polar surface area (TPSA) is 37.9 Å². The zero-order valence-corrected chi connectivity index (χ0v) is 52.4. The molecule has 10 heteroatoms. The summed E-state index contributed by atoms with van der Waals surface area (Å²) in [5, 5.41) is 5.35. The molecule has 0 atom stereocenters. The maximum Gasteiger partial charge on any atom is 0.231 e. The fourth-order valence-corrected chi connectivity index (χ4v) is 12.2. The lowest BCUT2D eigenvalue weighted by atomic mass is 9.86. The second kappa shape index (κ2) is 26.3. The first kappa shape index (κ1) is 60.6. The second-order valence-electron chi connectivity index (χ2n) is 23.0. The van der Waals surface area contributed by atoms with E-state index in [9.17, 15) is 8.78 Å². The normalized spacial score (nSPS) is 11.4. The van der Waals surface area contributed by atoms with Gasteiger partial charge in [-0.3, -0.25) is 0 Å². The summed E-state index contributed by atoms with van der Waals surface area (Å²) in [6.07, 6.45) is 10.2. The quantitative estimate of drug-likeness (QED) is 0.130. The van der Waals surface area contributed by atoms with E-state index < -0.39 is 11.6 Å². The fourth-order valence-electron chi connectivity index (χ4n) is 10.9. The molecule has 7 heterocycles. The van der Waals surface area contributed by atoms with E-state index in [1.807, 2.05) is 53.4 Å². The van der Waals surface area contributed by atoms with Crippen LogP contribution >= 0.6 is 11.3 Å². The number of hydrogen-bond donors (Lipinski definition) is 0. The first-order valence-electron chi connectivity index (χ1n) is 28.7. The summed E-state index contributed by atoms with van der Waals surface area (Å²) in [5.74, 6) is 0.597. The Labute approximate surface area is 504 Å². The van der Waals surface area contributed by atoms with Crippen molar-refractivity contribution in [3.63, 3.8) is 0 Å². The predicted molar refractivity (Wildman–Crippen MR) is 343 cm³/mol. The van der Waals surface area contributed by atoms with E-state index in [1.165, 1.54) is 104 Å². The first-order chi connectivity index (χ1) is 40.7. The number of aromatic nitrogens is 5. The molecule has 0 spiro atoms. The number of halogens is 2. The van der Waals surface area contributed by atoms with Gasteiger partial charge < -0.3 is 9.47 Å². The van der Waals surface area contributed by atoms with Crippen molar-refractivity contribution >= 4 is 43.1 Å². The van der Waals surface area contributed by atoms with Gasteiger partial charge in [-0.25, -0.2) is 31.6 Å². The highest BCUT2D eigenvalue weighted by Crippen LogP contribution is 2.39. The number of fused-ring (bicyclic) bond motifs is 5. The fraction of sp³-hybridized carbons (Fsp3) is 0.213. The van der Waals surface area contributed by atoms with Crippen LogP contribution in [-0.4, -0.2) is 6.79 Å². The zero-order valence-electron chi connectivity index (χ0n) is 51.6. The van der Waals surface area contributed by atoms with Gasteiger partial charge in [0.1, 0.15) is 51.7 Å². The van der Waals surface area contributed by atoms with Crippen LogP contribution < -0.4 is 32.3 Å². The third kappa shape index (κ3) is 13.8. The summed E-state index contributed by atoms with van der Waals surface area (Å²) in [6, 6.07) is 59.3. The van der Waals surface area contributed by atoms with E-state index in [2.05, 4.69) is 266 Å². The highest BCUT2D eigenvalue weighted by molar-refractivity contribution is 7.22. The molecule has 1 aliphatic rings. The molecule has 7 nitrogen and oxygen atoms in total. The van der Waals surface area contributed by atoms with Crippen LogP contribution in [0.4, 0.5) is 8.78 Å². The van der Waals surface area contributed by atoms with Crippen molar-refractivity contribution in [2.24, 2.45) is 35.2 Å². The van der Waals surface area contributed by atoms with E-state index >= 15 is 0 Å². The summed E-state index contributed by atoms with van der Waals surface area (Å²) in [5.41, 5.74) is 17.3. The van der Waals surface area contributed by atoms with Crippen molar-refractivity contribution < 1.29 is 41.1 Å². The monoisotopic (exact) mass is 1150 g/mol. The van der Waals surface area contributed by atoms with Crippen molar-refractivity contribution in [2.45, 2.75) is 67.7 Å². The van der Waals surface area contributed by atoms with Gasteiger partial charge in [0.2, 0.25) is 35.1 Å². The molecule has 0 bridgehead atoms. The summed E-state index contributed by atoms with van der Waals surface area (Å²) >= 11 is 1.87. The Hall–Kier alpha value is -8.99. The van der Waals surface area contributed by atoms with E-state index in [1.54, 1.807) is 6.92 Å². The Morgan fingerprint density at radius 3 is 1.68 bits per heavy atom. The summed E-state index contributed by atoms with van der Waals surface area (Å²) in [6.45, 7) is 19.5. The van der Waals surface area contributed by atoms with Gasteiger partial charge >= 0.3 is 0 Å². The van der Waals surface area contributed by atoms with Gasteiger partial charge in [0.25, 0.3) is 0 Å². The molecule has 0 N–H and O–H groups in total. The molecule has 13 rings (SSSR count). The largest absolute Gasteiger partial charge is 0.454 e. The minimum atomic E-state index is -0.544. The SMILES string of the molecule is Cc1c(-c2cccc[n+]2C)sc2ccccc12.Cc1cc(F)cc(F)c1-c1cccc[n+]1C.Cc1cc2c(cc1-c1cc(C(C)(C)C)cc[n+]1C)OCO2.Cc1ccc(-c2cccc[n+]2C)c(C)c1.Cc1cccc2ccc3ccc[n+](C)c3c12. The van der Waals surface area contributed by atoms with E-state index in [4.69, 9.17) is 9.47 Å². The average Bonchev–Trinajstić information content (AvgIpc) is 4.21. The van der Waals surface area contributed by atoms with Crippen LogP contribution in [0, 0.1) is 53.2 Å². The van der Waals surface area contributed by atoms with Crippen LogP contribution in [-0.2, 0) is 40.7 Å². The van der Waals surface area contributed by atoms with Gasteiger partial charge in [0, 0.05) is 76.3 Å². The van der Waals surface area contributed by atoms with E-state index in [0.717, 1.165) is 23.3 Å². The molecule has 12 aromatic rings. The maximum absolute atomic E-state index is 13.7. The lowest BCUT2D eigenvalue weighted by Gasteiger charge is -2.19. The Bertz CT molecular complexity index is 4310. The Morgan fingerprint density at radius 1 is 0.447 bits per heavy atom. The first-order valence-corrected chi connectivity index (χ1v) is 29.5. The molecule has 0 radical (unpaired) electrons. The summed E-state index contributed by atoms with van der Waals surface area (Å²) < 4.78 is 49.5. The average molecular weight is 1150 g/mol. The van der Waals surface area contributed by atoms with Crippen molar-refractivity contribution in [1.82, 2.24) is 0 Å². The van der Waals surface area contributed by atoms with Gasteiger partial charge in [-0.2, -0.15) is 0 Å². The number of hydrogen-bond acceptors (Lipinski definition) is 3. The molecule has 0 saturated heterocycles. The number of thiophene rings is 1. The number of ether oxygens (including phenoxy) is 2. The smallest absolute Gasteiger partial charge is 0.231 e. The van der Waals surface area contributed by atoms with E-state index in [-0.39, 0.29) is 5.41 Å². The van der Waals surface area contributed by atoms with Crippen molar-refractivity contribution in [3.8, 4) is 55.8 Å². The lowest BCUT2D eigenvalue weighted by Crippen LogP contribution is -2.31. The number of aryl methyl sites for hydroxylation is 11. The number of nitrogens with zero attached hydrogens (tertiary/aromatic N) is 5. The third-order valence-corrected chi connectivity index (χ3v) is 16.9. The molecule has 0 amide bonds. The van der Waals surface area contributed by atoms with Crippen molar-refractivity contribution in [2.75, 3.05) is 6.79 Å². The number of rotatable bonds is 4. The molecule has 6 aromatic heterocycles. The van der Waals surface area contributed by atoms with Crippen LogP contribution in [0.25, 0.3) is 76.1 Å². The molecule has 6 aromatic carbocycles. The van der Waals surface area contributed by atoms with E-state index in [0.29, 0.717) is 17.9 Å². The van der Waals surface area contributed by atoms with Gasteiger partial charge in [0.05, 0.1) is 16.5 Å². The lowest BCUT2D eigenvalue weighted by molar-refractivity contribution is -0.660. The van der Waals surface area contributed by atoms with Gasteiger partial charge in [-0.15, -0.1) is 11.3 Å². The second-order valence-corrected chi connectivity index (χ2v) is 24.1. The highest BCUT2D eigenvalue weighted by atomic mass is 32.1. The molecule has 85 heavy (non-hydrogen) atoms. The standard InChI is InChI=1S/C18H22NO2.C15H14NS.C15H14N.C14H16N.C13H12F2N/c1-12-8-16-17(21-11-20-16)10-14(12)15-9-13(18(2,3)4)6-7-19(15)5;1-11-12-7-3-4-9-14(12)17-15(11)13-8-5-6-10-16(13)2;1-11-5-3-6-12-8-9-13-7-4-10-16(2)15(13)14(11)12;1-11-7-8-13(12(2)10-11)14-6-4-5-9-15(14)3;1-9-7-10(14)8-11(15)13(9)12-5-3-4-6-16(12)2/h6-10H,11H2,1-5H3;3-10H,1-2H3;3-10H,1-2H3;4-10H,1-3H3;3-8H,1-2H3/q5*+1. The summed E-state index contributed by atoms with van der Waals surface area (Å²) in [7, 11) is 10.2. The number of pyridine rings is 5. The van der Waals surface area contributed by atoms with Crippen LogP contribution in [0.3, 0.4) is 0 Å². The molecule has 1 aliphatic heterocycles. The maximum atomic E-state index is 13.7. The Kier molecular flexibility index (Phi) is 18.7. The molecule has 430 valence electrons. The molecule has 0 aliphatic carbocycles. The molecular formula is C75H78F2N5O2S+5. The van der Waals surface area contributed by atoms with Crippen LogP contribution in [0.2, 0.25) is 0 Å². The van der Waals surface area contributed by atoms with Crippen LogP contribution in [0.1, 0.15) is 59.7 Å². The van der Waals surface area contributed by atoms with Crippen molar-refractivity contribution in [3.05, 3.63) is 257 Å². The van der Waals surface area contributed by atoms with Crippen LogP contribution in [0.15, 0.2) is 207 Å². The zero-order chi connectivity index (χ0) is 60.7. The predicted octanol–water partition coefficient (Wildman–Crippen LogP) is 15.9. The number of benzene rings is 6. The third-order valence-electron chi connectivity index (χ3n) is 15.6.